The molecule has 1 aliphatic rings. The van der Waals surface area contributed by atoms with Crippen molar-refractivity contribution in [3.8, 4) is 0 Å². The average Bonchev–Trinajstić information content (AvgIpc) is 3.05. The summed E-state index contributed by atoms with van der Waals surface area (Å²) in [6.07, 6.45) is 5.20. The summed E-state index contributed by atoms with van der Waals surface area (Å²) in [7, 11) is 1.84. The van der Waals surface area contributed by atoms with Crippen molar-refractivity contribution < 1.29 is 4.79 Å². The lowest BCUT2D eigenvalue weighted by atomic mass is 10.1. The molecule has 19 heavy (non-hydrogen) atoms. The van der Waals surface area contributed by atoms with Crippen molar-refractivity contribution in [2.75, 3.05) is 7.05 Å². The first kappa shape index (κ1) is 12.0. The van der Waals surface area contributed by atoms with E-state index in [1.54, 1.807) is 17.3 Å². The molecule has 0 aliphatic heterocycles. The second-order valence-corrected chi connectivity index (χ2v) is 5.10. The molecule has 4 heteroatoms. The molecule has 0 bridgehead atoms. The Balaban J connectivity index is 1.66. The summed E-state index contributed by atoms with van der Waals surface area (Å²) in [5, 5.41) is 0. The summed E-state index contributed by atoms with van der Waals surface area (Å²) in [5.74, 6) is 1.11. The van der Waals surface area contributed by atoms with Crippen LogP contribution in [0.15, 0.2) is 36.7 Å². The fourth-order valence-corrected chi connectivity index (χ4v) is 2.73. The zero-order chi connectivity index (χ0) is 13.2. The molecule has 2 aromatic rings. The normalized spacial score (nSPS) is 14.4. The Morgan fingerprint density at radius 2 is 2.05 bits per heavy atom. The monoisotopic (exact) mass is 255 g/mol. The van der Waals surface area contributed by atoms with E-state index < -0.39 is 0 Å². The smallest absolute Gasteiger partial charge is 0.226 e. The Kier molecular flexibility index (Phi) is 3.07. The van der Waals surface area contributed by atoms with Gasteiger partial charge >= 0.3 is 0 Å². The van der Waals surface area contributed by atoms with Gasteiger partial charge in [-0.15, -0.1) is 0 Å². The van der Waals surface area contributed by atoms with Crippen molar-refractivity contribution in [2.24, 2.45) is 5.92 Å². The molecular weight excluding hydrogens is 238 g/mol. The number of rotatable bonds is 3. The molecule has 0 radical (unpaired) electrons. The summed E-state index contributed by atoms with van der Waals surface area (Å²) in [5.41, 5.74) is 2.62. The van der Waals surface area contributed by atoms with Crippen LogP contribution in [0.2, 0.25) is 0 Å². The Labute approximate surface area is 112 Å². The highest BCUT2D eigenvalue weighted by Gasteiger charge is 2.29. The van der Waals surface area contributed by atoms with Gasteiger partial charge in [0.05, 0.1) is 6.54 Å². The minimum Gasteiger partial charge on any atom is -0.347 e. The fourth-order valence-electron chi connectivity index (χ4n) is 2.73. The van der Waals surface area contributed by atoms with Crippen LogP contribution in [0.4, 0.5) is 0 Å². The highest BCUT2D eigenvalue weighted by molar-refractivity contribution is 5.80. The summed E-state index contributed by atoms with van der Waals surface area (Å²) >= 11 is 0. The topological polar surface area (TPSA) is 49.0 Å². The standard InChI is InChI=1S/C15H17N3O/c1-18(10-14-16-6-7-17-14)15(19)13-8-11-4-2-3-5-12(11)9-13/h2-7,13H,8-10H2,1H3,(H,16,17). The predicted molar refractivity (Wildman–Crippen MR) is 72.4 cm³/mol. The van der Waals surface area contributed by atoms with Crippen LogP contribution in [0.5, 0.6) is 0 Å². The molecule has 0 atom stereocenters. The van der Waals surface area contributed by atoms with Gasteiger partial charge in [-0.25, -0.2) is 4.98 Å². The van der Waals surface area contributed by atoms with Crippen molar-refractivity contribution in [2.45, 2.75) is 19.4 Å². The largest absolute Gasteiger partial charge is 0.347 e. The Hall–Kier alpha value is -2.10. The molecule has 1 heterocycles. The molecule has 1 aromatic heterocycles. The molecule has 0 fully saturated rings. The maximum Gasteiger partial charge on any atom is 0.226 e. The number of imidazole rings is 1. The minimum atomic E-state index is 0.0809. The molecule has 98 valence electrons. The van der Waals surface area contributed by atoms with Gasteiger partial charge in [0.1, 0.15) is 5.82 Å². The lowest BCUT2D eigenvalue weighted by Gasteiger charge is -2.19. The third kappa shape index (κ3) is 2.38. The van der Waals surface area contributed by atoms with Crippen LogP contribution in [0.25, 0.3) is 0 Å². The Morgan fingerprint density at radius 1 is 1.37 bits per heavy atom. The molecule has 0 saturated carbocycles. The molecule has 1 amide bonds. The van der Waals surface area contributed by atoms with Gasteiger partial charge in [-0.2, -0.15) is 0 Å². The molecule has 0 saturated heterocycles. The van der Waals surface area contributed by atoms with Crippen molar-refractivity contribution >= 4 is 5.91 Å². The lowest BCUT2D eigenvalue weighted by Crippen LogP contribution is -2.33. The van der Waals surface area contributed by atoms with E-state index in [9.17, 15) is 4.79 Å². The number of aromatic amines is 1. The van der Waals surface area contributed by atoms with E-state index in [2.05, 4.69) is 22.1 Å². The van der Waals surface area contributed by atoms with Gasteiger partial charge in [0, 0.05) is 25.4 Å². The van der Waals surface area contributed by atoms with Crippen molar-refractivity contribution in [1.82, 2.24) is 14.9 Å². The van der Waals surface area contributed by atoms with Crippen molar-refractivity contribution in [3.05, 3.63) is 53.6 Å². The number of benzene rings is 1. The Morgan fingerprint density at radius 3 is 2.63 bits per heavy atom. The number of aromatic nitrogens is 2. The number of hydrogen-bond acceptors (Lipinski definition) is 2. The van der Waals surface area contributed by atoms with Gasteiger partial charge < -0.3 is 9.88 Å². The van der Waals surface area contributed by atoms with Crippen LogP contribution < -0.4 is 0 Å². The van der Waals surface area contributed by atoms with Crippen LogP contribution in [-0.2, 0) is 24.2 Å². The van der Waals surface area contributed by atoms with E-state index in [-0.39, 0.29) is 11.8 Å². The highest BCUT2D eigenvalue weighted by atomic mass is 16.2. The zero-order valence-corrected chi connectivity index (χ0v) is 11.0. The van der Waals surface area contributed by atoms with Gasteiger partial charge in [-0.3, -0.25) is 4.79 Å². The number of nitrogens with one attached hydrogen (secondary N) is 1. The van der Waals surface area contributed by atoms with Crippen LogP contribution in [-0.4, -0.2) is 27.8 Å². The molecule has 0 unspecified atom stereocenters. The van der Waals surface area contributed by atoms with Gasteiger partial charge in [0.2, 0.25) is 5.91 Å². The van der Waals surface area contributed by atoms with E-state index in [1.807, 2.05) is 19.2 Å². The van der Waals surface area contributed by atoms with Gasteiger partial charge in [0.25, 0.3) is 0 Å². The number of fused-ring (bicyclic) bond motifs is 1. The number of carbonyl (C=O) groups is 1. The second kappa shape index (κ2) is 4.88. The molecule has 0 spiro atoms. The third-order valence-corrected chi connectivity index (χ3v) is 3.72. The number of H-pyrrole nitrogens is 1. The fraction of sp³-hybridized carbons (Fsp3) is 0.333. The van der Waals surface area contributed by atoms with E-state index in [1.165, 1.54) is 11.1 Å². The first-order valence-corrected chi connectivity index (χ1v) is 6.54. The molecule has 4 nitrogen and oxygen atoms in total. The van der Waals surface area contributed by atoms with Crippen LogP contribution >= 0.6 is 0 Å². The van der Waals surface area contributed by atoms with Crippen LogP contribution in [0.3, 0.4) is 0 Å². The van der Waals surface area contributed by atoms with Gasteiger partial charge in [0.15, 0.2) is 0 Å². The van der Waals surface area contributed by atoms with E-state index in [0.717, 1.165) is 18.7 Å². The van der Waals surface area contributed by atoms with Crippen LogP contribution in [0.1, 0.15) is 17.0 Å². The lowest BCUT2D eigenvalue weighted by molar-refractivity contribution is -0.134. The van der Waals surface area contributed by atoms with Gasteiger partial charge in [-0.05, 0) is 24.0 Å². The van der Waals surface area contributed by atoms with Crippen LogP contribution in [0, 0.1) is 5.92 Å². The van der Waals surface area contributed by atoms with Gasteiger partial charge in [-0.1, -0.05) is 24.3 Å². The Bertz CT molecular complexity index is 552. The number of nitrogens with zero attached hydrogens (tertiary/aromatic N) is 2. The minimum absolute atomic E-state index is 0.0809. The summed E-state index contributed by atoms with van der Waals surface area (Å²) < 4.78 is 0. The first-order chi connectivity index (χ1) is 9.24. The van der Waals surface area contributed by atoms with E-state index >= 15 is 0 Å². The molecule has 1 aliphatic carbocycles. The highest BCUT2D eigenvalue weighted by Crippen LogP contribution is 2.27. The number of hydrogen-bond donors (Lipinski definition) is 1. The molecule has 3 rings (SSSR count). The zero-order valence-electron chi connectivity index (χ0n) is 11.0. The summed E-state index contributed by atoms with van der Waals surface area (Å²) in [6.45, 7) is 0.540. The summed E-state index contributed by atoms with van der Waals surface area (Å²) in [4.78, 5) is 21.4. The maximum absolute atomic E-state index is 12.4. The SMILES string of the molecule is CN(Cc1ncc[nH]1)C(=O)C1Cc2ccccc2C1. The third-order valence-electron chi connectivity index (χ3n) is 3.72. The molecule has 1 aromatic carbocycles. The average molecular weight is 255 g/mol. The predicted octanol–water partition coefficient (Wildman–Crippen LogP) is 1.78. The summed E-state index contributed by atoms with van der Waals surface area (Å²) in [6, 6.07) is 8.32. The number of amides is 1. The molecule has 1 N–H and O–H groups in total. The first-order valence-electron chi connectivity index (χ1n) is 6.54. The van der Waals surface area contributed by atoms with E-state index in [0.29, 0.717) is 6.54 Å². The second-order valence-electron chi connectivity index (χ2n) is 5.10. The molecular formula is C15H17N3O. The maximum atomic E-state index is 12.4. The van der Waals surface area contributed by atoms with Crippen molar-refractivity contribution in [1.29, 1.82) is 0 Å². The number of carbonyl (C=O) groups excluding carboxylic acids is 1. The quantitative estimate of drug-likeness (QED) is 0.909. The van der Waals surface area contributed by atoms with E-state index in [4.69, 9.17) is 0 Å². The van der Waals surface area contributed by atoms with Crippen molar-refractivity contribution in [3.63, 3.8) is 0 Å².